The number of carbonyl (C=O) groups excluding carboxylic acids is 1. The SMILES string of the molecule is CCC(C)(C)C(=O)N1CCC(=NO)c2ccccc21. The predicted octanol–water partition coefficient (Wildman–Crippen LogP) is 3.04. The Morgan fingerprint density at radius 2 is 2.11 bits per heavy atom. The van der Waals surface area contributed by atoms with Gasteiger partial charge in [-0.05, 0) is 12.5 Å². The van der Waals surface area contributed by atoms with Crippen LogP contribution in [0.1, 0.15) is 39.2 Å². The van der Waals surface area contributed by atoms with Crippen LogP contribution < -0.4 is 4.90 Å². The molecule has 0 spiro atoms. The van der Waals surface area contributed by atoms with Gasteiger partial charge in [-0.15, -0.1) is 0 Å². The molecule has 0 aliphatic carbocycles. The molecule has 0 saturated heterocycles. The third-order valence-corrected chi connectivity index (χ3v) is 3.91. The first-order chi connectivity index (χ1) is 9.01. The molecule has 1 aromatic carbocycles. The van der Waals surface area contributed by atoms with Crippen molar-refractivity contribution in [1.82, 2.24) is 0 Å². The molecule has 0 unspecified atom stereocenters. The molecule has 0 bridgehead atoms. The zero-order valence-electron chi connectivity index (χ0n) is 11.7. The van der Waals surface area contributed by atoms with Crippen molar-refractivity contribution >= 4 is 17.3 Å². The number of hydrogen-bond donors (Lipinski definition) is 1. The van der Waals surface area contributed by atoms with Crippen LogP contribution in [0.5, 0.6) is 0 Å². The largest absolute Gasteiger partial charge is 0.411 e. The number of fused-ring (bicyclic) bond motifs is 1. The smallest absolute Gasteiger partial charge is 0.232 e. The summed E-state index contributed by atoms with van der Waals surface area (Å²) in [5.41, 5.74) is 1.96. The average Bonchev–Trinajstić information content (AvgIpc) is 2.45. The number of hydrogen-bond acceptors (Lipinski definition) is 3. The fourth-order valence-corrected chi connectivity index (χ4v) is 2.26. The lowest BCUT2D eigenvalue weighted by Crippen LogP contribution is -2.44. The molecule has 4 heteroatoms. The van der Waals surface area contributed by atoms with E-state index in [0.29, 0.717) is 18.7 Å². The van der Waals surface area contributed by atoms with Gasteiger partial charge < -0.3 is 10.1 Å². The van der Waals surface area contributed by atoms with Crippen molar-refractivity contribution in [3.63, 3.8) is 0 Å². The first kappa shape index (κ1) is 13.6. The Morgan fingerprint density at radius 1 is 1.42 bits per heavy atom. The van der Waals surface area contributed by atoms with Gasteiger partial charge in [0.2, 0.25) is 5.91 Å². The van der Waals surface area contributed by atoms with Crippen molar-refractivity contribution in [1.29, 1.82) is 0 Å². The van der Waals surface area contributed by atoms with Crippen molar-refractivity contribution in [2.75, 3.05) is 11.4 Å². The fourth-order valence-electron chi connectivity index (χ4n) is 2.26. The molecule has 0 saturated carbocycles. The molecule has 1 amide bonds. The Balaban J connectivity index is 2.43. The van der Waals surface area contributed by atoms with Crippen LogP contribution in [0.4, 0.5) is 5.69 Å². The van der Waals surface area contributed by atoms with Crippen LogP contribution in [-0.2, 0) is 4.79 Å². The monoisotopic (exact) mass is 260 g/mol. The minimum atomic E-state index is -0.374. The normalized spacial score (nSPS) is 17.4. The highest BCUT2D eigenvalue weighted by molar-refractivity contribution is 6.11. The predicted molar refractivity (Wildman–Crippen MR) is 75.8 cm³/mol. The highest BCUT2D eigenvalue weighted by Crippen LogP contribution is 2.32. The van der Waals surface area contributed by atoms with E-state index in [-0.39, 0.29) is 11.3 Å². The number of nitrogens with zero attached hydrogens (tertiary/aromatic N) is 2. The van der Waals surface area contributed by atoms with Crippen LogP contribution in [0, 0.1) is 5.41 Å². The molecule has 0 aromatic heterocycles. The lowest BCUT2D eigenvalue weighted by molar-refractivity contribution is -0.126. The number of para-hydroxylation sites is 1. The fraction of sp³-hybridized carbons (Fsp3) is 0.467. The van der Waals surface area contributed by atoms with Crippen molar-refractivity contribution < 1.29 is 10.0 Å². The maximum absolute atomic E-state index is 12.6. The van der Waals surface area contributed by atoms with Crippen LogP contribution in [0.25, 0.3) is 0 Å². The van der Waals surface area contributed by atoms with Gasteiger partial charge in [-0.25, -0.2) is 0 Å². The minimum Gasteiger partial charge on any atom is -0.411 e. The molecule has 1 aromatic rings. The Kier molecular flexibility index (Phi) is 3.60. The first-order valence-corrected chi connectivity index (χ1v) is 6.63. The molecule has 2 rings (SSSR count). The summed E-state index contributed by atoms with van der Waals surface area (Å²) >= 11 is 0. The van der Waals surface area contributed by atoms with E-state index in [1.807, 2.05) is 49.9 Å². The van der Waals surface area contributed by atoms with E-state index in [0.717, 1.165) is 17.7 Å². The third kappa shape index (κ3) is 2.35. The molecule has 102 valence electrons. The van der Waals surface area contributed by atoms with E-state index in [9.17, 15) is 4.79 Å². The second-order valence-corrected chi connectivity index (χ2v) is 5.51. The number of anilines is 1. The van der Waals surface area contributed by atoms with Gasteiger partial charge in [0.1, 0.15) is 0 Å². The van der Waals surface area contributed by atoms with Crippen molar-refractivity contribution in [3.8, 4) is 0 Å². The van der Waals surface area contributed by atoms with Crippen molar-refractivity contribution in [2.24, 2.45) is 10.6 Å². The summed E-state index contributed by atoms with van der Waals surface area (Å²) in [5.74, 6) is 0.124. The summed E-state index contributed by atoms with van der Waals surface area (Å²) < 4.78 is 0. The number of benzene rings is 1. The lowest BCUT2D eigenvalue weighted by Gasteiger charge is -2.35. The Bertz CT molecular complexity index is 521. The maximum Gasteiger partial charge on any atom is 0.232 e. The molecule has 0 fully saturated rings. The Hall–Kier alpha value is -1.84. The van der Waals surface area contributed by atoms with E-state index < -0.39 is 0 Å². The summed E-state index contributed by atoms with van der Waals surface area (Å²) in [6.45, 7) is 6.52. The van der Waals surface area contributed by atoms with E-state index in [1.165, 1.54) is 0 Å². The van der Waals surface area contributed by atoms with Gasteiger partial charge in [0.25, 0.3) is 0 Å². The van der Waals surface area contributed by atoms with E-state index in [1.54, 1.807) is 0 Å². The molecular formula is C15H20N2O2. The zero-order chi connectivity index (χ0) is 14.0. The first-order valence-electron chi connectivity index (χ1n) is 6.63. The van der Waals surface area contributed by atoms with Crippen LogP contribution >= 0.6 is 0 Å². The number of carbonyl (C=O) groups is 1. The molecule has 1 aliphatic heterocycles. The minimum absolute atomic E-state index is 0.124. The van der Waals surface area contributed by atoms with Gasteiger partial charge in [-0.3, -0.25) is 4.79 Å². The average molecular weight is 260 g/mol. The maximum atomic E-state index is 12.6. The molecule has 1 N–H and O–H groups in total. The molecule has 0 atom stereocenters. The van der Waals surface area contributed by atoms with Gasteiger partial charge in [0.15, 0.2) is 0 Å². The summed E-state index contributed by atoms with van der Waals surface area (Å²) in [6, 6.07) is 7.59. The summed E-state index contributed by atoms with van der Waals surface area (Å²) in [5, 5.41) is 12.4. The van der Waals surface area contributed by atoms with Gasteiger partial charge >= 0.3 is 0 Å². The van der Waals surface area contributed by atoms with Crippen LogP contribution in [-0.4, -0.2) is 23.4 Å². The second kappa shape index (κ2) is 5.03. The van der Waals surface area contributed by atoms with Gasteiger partial charge in [0.05, 0.1) is 11.4 Å². The summed E-state index contributed by atoms with van der Waals surface area (Å²) in [7, 11) is 0. The van der Waals surface area contributed by atoms with Crippen molar-refractivity contribution in [3.05, 3.63) is 29.8 Å². The topological polar surface area (TPSA) is 52.9 Å². The molecule has 4 nitrogen and oxygen atoms in total. The summed E-state index contributed by atoms with van der Waals surface area (Å²) in [6.07, 6.45) is 1.38. The lowest BCUT2D eigenvalue weighted by atomic mass is 9.87. The van der Waals surface area contributed by atoms with E-state index in [4.69, 9.17) is 5.21 Å². The number of amides is 1. The Labute approximate surface area is 113 Å². The molecule has 1 heterocycles. The van der Waals surface area contributed by atoms with Crippen LogP contribution in [0.15, 0.2) is 29.4 Å². The molecular weight excluding hydrogens is 240 g/mol. The molecule has 19 heavy (non-hydrogen) atoms. The highest BCUT2D eigenvalue weighted by Gasteiger charge is 2.34. The van der Waals surface area contributed by atoms with E-state index >= 15 is 0 Å². The van der Waals surface area contributed by atoms with Gasteiger partial charge in [0, 0.05) is 23.9 Å². The summed E-state index contributed by atoms with van der Waals surface area (Å²) in [4.78, 5) is 14.4. The molecule has 0 radical (unpaired) electrons. The zero-order valence-corrected chi connectivity index (χ0v) is 11.7. The highest BCUT2D eigenvalue weighted by atomic mass is 16.4. The molecule has 1 aliphatic rings. The quantitative estimate of drug-likeness (QED) is 0.656. The van der Waals surface area contributed by atoms with Gasteiger partial charge in [-0.2, -0.15) is 0 Å². The van der Waals surface area contributed by atoms with Gasteiger partial charge in [-0.1, -0.05) is 44.1 Å². The number of oxime groups is 1. The number of rotatable bonds is 2. The van der Waals surface area contributed by atoms with Crippen molar-refractivity contribution in [2.45, 2.75) is 33.6 Å². The Morgan fingerprint density at radius 3 is 2.74 bits per heavy atom. The van der Waals surface area contributed by atoms with Crippen LogP contribution in [0.2, 0.25) is 0 Å². The second-order valence-electron chi connectivity index (χ2n) is 5.51. The van der Waals surface area contributed by atoms with Crippen LogP contribution in [0.3, 0.4) is 0 Å². The third-order valence-electron chi connectivity index (χ3n) is 3.91. The standard InChI is InChI=1S/C15H20N2O2/c1-4-15(2,3)14(18)17-10-9-12(16-19)11-7-5-6-8-13(11)17/h5-8,19H,4,9-10H2,1-3H3. The van der Waals surface area contributed by atoms with E-state index in [2.05, 4.69) is 5.16 Å².